The van der Waals surface area contributed by atoms with Crippen molar-refractivity contribution in [3.63, 3.8) is 0 Å². The topological polar surface area (TPSA) is 92.4 Å². The van der Waals surface area contributed by atoms with Crippen LogP contribution in [0.4, 0.5) is 0 Å². The molecule has 0 radical (unpaired) electrons. The number of hydrogen-bond donors (Lipinski definition) is 2. The van der Waals surface area contributed by atoms with E-state index < -0.39 is 16.1 Å². The van der Waals surface area contributed by atoms with Crippen molar-refractivity contribution in [2.75, 3.05) is 6.54 Å². The molecule has 0 saturated heterocycles. The fraction of sp³-hybridized carbons (Fsp3) is 0.235. The SMILES string of the molecule is O=S(=O)(Cc1noc2ccccc12)NCCC(O)c1ccccc1. The summed E-state index contributed by atoms with van der Waals surface area (Å²) < 4.78 is 32.0. The lowest BCUT2D eigenvalue weighted by molar-refractivity contribution is 0.169. The van der Waals surface area contributed by atoms with Gasteiger partial charge in [-0.05, 0) is 24.1 Å². The molecule has 7 heteroatoms. The molecule has 24 heavy (non-hydrogen) atoms. The number of hydrogen-bond acceptors (Lipinski definition) is 5. The lowest BCUT2D eigenvalue weighted by Gasteiger charge is -2.11. The third kappa shape index (κ3) is 4.00. The van der Waals surface area contributed by atoms with Crippen molar-refractivity contribution in [1.29, 1.82) is 0 Å². The van der Waals surface area contributed by atoms with Crippen molar-refractivity contribution in [3.8, 4) is 0 Å². The van der Waals surface area contributed by atoms with Gasteiger partial charge in [0.1, 0.15) is 11.4 Å². The van der Waals surface area contributed by atoms with Crippen LogP contribution in [0.25, 0.3) is 11.0 Å². The molecule has 1 atom stereocenters. The highest BCUT2D eigenvalue weighted by atomic mass is 32.2. The van der Waals surface area contributed by atoms with Crippen LogP contribution >= 0.6 is 0 Å². The maximum Gasteiger partial charge on any atom is 0.217 e. The molecule has 0 aliphatic heterocycles. The van der Waals surface area contributed by atoms with Gasteiger partial charge in [-0.1, -0.05) is 47.6 Å². The van der Waals surface area contributed by atoms with Crippen LogP contribution in [0, 0.1) is 0 Å². The number of nitrogens with zero attached hydrogens (tertiary/aromatic N) is 1. The average Bonchev–Trinajstić information content (AvgIpc) is 2.98. The number of para-hydroxylation sites is 1. The predicted octanol–water partition coefficient (Wildman–Crippen LogP) is 2.37. The highest BCUT2D eigenvalue weighted by Crippen LogP contribution is 2.20. The molecule has 3 rings (SSSR count). The van der Waals surface area contributed by atoms with Gasteiger partial charge in [0.15, 0.2) is 5.58 Å². The molecule has 6 nitrogen and oxygen atoms in total. The number of benzene rings is 2. The normalized spacial score (nSPS) is 13.2. The highest BCUT2D eigenvalue weighted by molar-refractivity contribution is 7.88. The molecule has 0 bridgehead atoms. The molecular weight excluding hydrogens is 328 g/mol. The standard InChI is InChI=1S/C17H18N2O4S/c20-16(13-6-2-1-3-7-13)10-11-18-24(21,22)12-15-14-8-4-5-9-17(14)23-19-15/h1-9,16,18,20H,10-12H2. The molecule has 1 unspecified atom stereocenters. The van der Waals surface area contributed by atoms with Crippen molar-refractivity contribution in [2.24, 2.45) is 0 Å². The van der Waals surface area contributed by atoms with Gasteiger partial charge < -0.3 is 9.63 Å². The van der Waals surface area contributed by atoms with E-state index in [4.69, 9.17) is 4.52 Å². The summed E-state index contributed by atoms with van der Waals surface area (Å²) >= 11 is 0. The van der Waals surface area contributed by atoms with E-state index in [1.807, 2.05) is 18.2 Å². The Balaban J connectivity index is 1.58. The minimum atomic E-state index is -3.56. The van der Waals surface area contributed by atoms with Gasteiger partial charge in [-0.3, -0.25) is 0 Å². The molecule has 2 aromatic carbocycles. The number of fused-ring (bicyclic) bond motifs is 1. The molecular formula is C17H18N2O4S. The Kier molecular flexibility index (Phi) is 4.94. The van der Waals surface area contributed by atoms with Gasteiger partial charge in [-0.2, -0.15) is 0 Å². The zero-order valence-electron chi connectivity index (χ0n) is 12.9. The number of aliphatic hydroxyl groups is 1. The first-order valence-corrected chi connectivity index (χ1v) is 9.24. The van der Waals surface area contributed by atoms with Gasteiger partial charge in [0.05, 0.1) is 6.10 Å². The second-order valence-corrected chi connectivity index (χ2v) is 7.30. The Morgan fingerprint density at radius 2 is 1.79 bits per heavy atom. The van der Waals surface area contributed by atoms with Gasteiger partial charge in [-0.15, -0.1) is 0 Å². The van der Waals surface area contributed by atoms with E-state index in [1.54, 1.807) is 36.4 Å². The summed E-state index contributed by atoms with van der Waals surface area (Å²) in [6.45, 7) is 0.147. The van der Waals surface area contributed by atoms with Crippen LogP contribution in [0.2, 0.25) is 0 Å². The molecule has 2 N–H and O–H groups in total. The van der Waals surface area contributed by atoms with E-state index in [1.165, 1.54) is 0 Å². The lowest BCUT2D eigenvalue weighted by atomic mass is 10.1. The van der Waals surface area contributed by atoms with E-state index in [0.29, 0.717) is 23.1 Å². The fourth-order valence-corrected chi connectivity index (χ4v) is 3.57. The lowest BCUT2D eigenvalue weighted by Crippen LogP contribution is -2.27. The van der Waals surface area contributed by atoms with Crippen molar-refractivity contribution in [2.45, 2.75) is 18.3 Å². The first kappa shape index (κ1) is 16.6. The van der Waals surface area contributed by atoms with E-state index in [2.05, 4.69) is 9.88 Å². The third-order valence-corrected chi connectivity index (χ3v) is 5.00. The van der Waals surface area contributed by atoms with Crippen molar-refractivity contribution in [1.82, 2.24) is 9.88 Å². The van der Waals surface area contributed by atoms with Crippen molar-refractivity contribution in [3.05, 3.63) is 65.9 Å². The first-order chi connectivity index (χ1) is 11.6. The Labute approximate surface area is 140 Å². The van der Waals surface area contributed by atoms with Crippen LogP contribution in [-0.2, 0) is 15.8 Å². The number of rotatable bonds is 7. The molecule has 0 fully saturated rings. The van der Waals surface area contributed by atoms with Crippen molar-refractivity contribution < 1.29 is 18.0 Å². The molecule has 0 spiro atoms. The summed E-state index contributed by atoms with van der Waals surface area (Å²) in [6, 6.07) is 16.3. The molecule has 126 valence electrons. The predicted molar refractivity (Wildman–Crippen MR) is 90.7 cm³/mol. The summed E-state index contributed by atoms with van der Waals surface area (Å²) in [5, 5.41) is 14.6. The quantitative estimate of drug-likeness (QED) is 0.685. The minimum Gasteiger partial charge on any atom is -0.388 e. The van der Waals surface area contributed by atoms with Crippen LogP contribution in [-0.4, -0.2) is 25.2 Å². The second-order valence-electron chi connectivity index (χ2n) is 5.49. The number of nitrogens with one attached hydrogen (secondary N) is 1. The summed E-state index contributed by atoms with van der Waals surface area (Å²) in [7, 11) is -3.56. The molecule has 1 aromatic heterocycles. The largest absolute Gasteiger partial charge is 0.388 e. The molecule has 1 heterocycles. The third-order valence-electron chi connectivity index (χ3n) is 3.70. The van der Waals surface area contributed by atoms with E-state index in [0.717, 1.165) is 5.56 Å². The average molecular weight is 346 g/mol. The van der Waals surface area contributed by atoms with E-state index in [-0.39, 0.29) is 12.3 Å². The van der Waals surface area contributed by atoms with Gasteiger partial charge in [-0.25, -0.2) is 13.1 Å². The molecule has 0 amide bonds. The van der Waals surface area contributed by atoms with Crippen LogP contribution < -0.4 is 4.72 Å². The molecule has 0 aliphatic rings. The fourth-order valence-electron chi connectivity index (χ4n) is 2.47. The van der Waals surface area contributed by atoms with Gasteiger partial charge in [0.25, 0.3) is 0 Å². The number of aromatic nitrogens is 1. The Hall–Kier alpha value is -2.22. The Bertz CT molecular complexity index is 906. The second kappa shape index (κ2) is 7.12. The van der Waals surface area contributed by atoms with E-state index in [9.17, 15) is 13.5 Å². The summed E-state index contributed by atoms with van der Waals surface area (Å²) in [5.41, 5.74) is 1.70. The monoisotopic (exact) mass is 346 g/mol. The summed E-state index contributed by atoms with van der Waals surface area (Å²) in [5.74, 6) is -0.258. The Morgan fingerprint density at radius 3 is 2.58 bits per heavy atom. The maximum atomic E-state index is 12.2. The molecule has 0 aliphatic carbocycles. The van der Waals surface area contributed by atoms with Gasteiger partial charge >= 0.3 is 0 Å². The number of sulfonamides is 1. The summed E-state index contributed by atoms with van der Waals surface area (Å²) in [4.78, 5) is 0. The van der Waals surface area contributed by atoms with Gasteiger partial charge in [0, 0.05) is 11.9 Å². The zero-order valence-corrected chi connectivity index (χ0v) is 13.7. The zero-order chi connectivity index (χ0) is 17.0. The van der Waals surface area contributed by atoms with Crippen LogP contribution in [0.3, 0.4) is 0 Å². The van der Waals surface area contributed by atoms with Crippen LogP contribution in [0.15, 0.2) is 59.1 Å². The van der Waals surface area contributed by atoms with E-state index >= 15 is 0 Å². The van der Waals surface area contributed by atoms with Crippen molar-refractivity contribution >= 4 is 21.0 Å². The van der Waals surface area contributed by atoms with Crippen LogP contribution in [0.5, 0.6) is 0 Å². The number of aliphatic hydroxyl groups excluding tert-OH is 1. The highest BCUT2D eigenvalue weighted by Gasteiger charge is 2.17. The summed E-state index contributed by atoms with van der Waals surface area (Å²) in [6.07, 6.45) is -0.412. The Morgan fingerprint density at radius 1 is 1.08 bits per heavy atom. The molecule has 0 saturated carbocycles. The molecule has 3 aromatic rings. The van der Waals surface area contributed by atoms with Crippen LogP contribution in [0.1, 0.15) is 23.8 Å². The van der Waals surface area contributed by atoms with Gasteiger partial charge in [0.2, 0.25) is 10.0 Å². The maximum absolute atomic E-state index is 12.2. The minimum absolute atomic E-state index is 0.147. The smallest absolute Gasteiger partial charge is 0.217 e. The first-order valence-electron chi connectivity index (χ1n) is 7.59.